The number of benzene rings is 3. The van der Waals surface area contributed by atoms with Gasteiger partial charge in [-0.05, 0) is 62.6 Å². The second-order valence-corrected chi connectivity index (χ2v) is 8.38. The molecule has 0 spiro atoms. The van der Waals surface area contributed by atoms with Crippen molar-refractivity contribution in [1.29, 1.82) is 0 Å². The Kier molecular flexibility index (Phi) is 6.22. The predicted octanol–water partition coefficient (Wildman–Crippen LogP) is 6.34. The van der Waals surface area contributed by atoms with Gasteiger partial charge >= 0.3 is 5.97 Å². The van der Waals surface area contributed by atoms with E-state index in [2.05, 4.69) is 16.4 Å². The molecule has 0 saturated carbocycles. The smallest absolute Gasteiger partial charge is 0.357 e. The van der Waals surface area contributed by atoms with Crippen LogP contribution in [0, 0.1) is 13.8 Å². The van der Waals surface area contributed by atoms with Gasteiger partial charge in [0.05, 0.1) is 17.3 Å². The van der Waals surface area contributed by atoms with E-state index in [0.717, 1.165) is 27.6 Å². The first kappa shape index (κ1) is 22.2. The van der Waals surface area contributed by atoms with Crippen molar-refractivity contribution in [1.82, 2.24) is 4.98 Å². The fourth-order valence-electron chi connectivity index (χ4n) is 3.70. The van der Waals surface area contributed by atoms with Crippen LogP contribution in [0.3, 0.4) is 0 Å². The molecule has 0 saturated heterocycles. The van der Waals surface area contributed by atoms with Gasteiger partial charge in [-0.2, -0.15) is 0 Å². The summed E-state index contributed by atoms with van der Waals surface area (Å²) in [5.41, 5.74) is 5.94. The van der Waals surface area contributed by atoms with Gasteiger partial charge in [0.2, 0.25) is 0 Å². The van der Waals surface area contributed by atoms with E-state index in [1.165, 1.54) is 0 Å². The van der Waals surface area contributed by atoms with Gasteiger partial charge in [0, 0.05) is 10.9 Å². The van der Waals surface area contributed by atoms with Crippen LogP contribution in [0.4, 0.5) is 5.69 Å². The molecule has 33 heavy (non-hydrogen) atoms. The minimum Gasteiger partial charge on any atom is -0.458 e. The van der Waals surface area contributed by atoms with Crippen LogP contribution in [-0.4, -0.2) is 23.0 Å². The van der Waals surface area contributed by atoms with Crippen molar-refractivity contribution in [2.45, 2.75) is 33.8 Å². The van der Waals surface area contributed by atoms with Crippen molar-refractivity contribution < 1.29 is 14.3 Å². The number of anilines is 1. The number of hydrogen-bond acceptors (Lipinski definition) is 4. The number of para-hydroxylation sites is 1. The maximum absolute atomic E-state index is 13.3. The van der Waals surface area contributed by atoms with E-state index < -0.39 is 5.97 Å². The van der Waals surface area contributed by atoms with E-state index in [9.17, 15) is 9.59 Å². The second-order valence-electron chi connectivity index (χ2n) is 8.38. The van der Waals surface area contributed by atoms with Gasteiger partial charge in [-0.25, -0.2) is 9.78 Å². The SMILES string of the molecule is Cc1cccc(-c2ccc(C)c(C(=O)Nc3cccc4ccc(C(=O)OC(C)C)nc34)c2)c1. The molecule has 3 aromatic carbocycles. The number of carbonyl (C=O) groups is 2. The van der Waals surface area contributed by atoms with Crippen LogP contribution in [-0.2, 0) is 4.74 Å². The third-order valence-corrected chi connectivity index (χ3v) is 5.35. The molecule has 1 amide bonds. The molecule has 166 valence electrons. The fraction of sp³-hybridized carbons (Fsp3) is 0.179. The number of carbonyl (C=O) groups excluding carboxylic acids is 2. The molecule has 5 nitrogen and oxygen atoms in total. The lowest BCUT2D eigenvalue weighted by Crippen LogP contribution is -2.15. The molecule has 0 aliphatic carbocycles. The Hall–Kier alpha value is -3.99. The zero-order valence-corrected chi connectivity index (χ0v) is 19.2. The summed E-state index contributed by atoms with van der Waals surface area (Å²) < 4.78 is 5.27. The first-order chi connectivity index (χ1) is 15.8. The van der Waals surface area contributed by atoms with Crippen LogP contribution in [0.5, 0.6) is 0 Å². The summed E-state index contributed by atoms with van der Waals surface area (Å²) in [6.45, 7) is 7.54. The average molecular weight is 439 g/mol. The van der Waals surface area contributed by atoms with Crippen LogP contribution in [0.15, 0.2) is 72.8 Å². The molecule has 0 bridgehead atoms. The van der Waals surface area contributed by atoms with Gasteiger partial charge in [-0.1, -0.05) is 60.2 Å². The molecule has 0 aliphatic rings. The van der Waals surface area contributed by atoms with Gasteiger partial charge in [0.1, 0.15) is 5.69 Å². The van der Waals surface area contributed by atoms with Crippen LogP contribution in [0.25, 0.3) is 22.0 Å². The molecule has 0 atom stereocenters. The van der Waals surface area contributed by atoms with Crippen LogP contribution in [0.2, 0.25) is 0 Å². The zero-order chi connectivity index (χ0) is 23.5. The highest BCUT2D eigenvalue weighted by Gasteiger charge is 2.16. The number of esters is 1. The molecular weight excluding hydrogens is 412 g/mol. The second kappa shape index (κ2) is 9.25. The first-order valence-electron chi connectivity index (χ1n) is 10.9. The third kappa shape index (κ3) is 4.93. The summed E-state index contributed by atoms with van der Waals surface area (Å²) in [7, 11) is 0. The van der Waals surface area contributed by atoms with Gasteiger partial charge in [-0.3, -0.25) is 4.79 Å². The monoisotopic (exact) mass is 438 g/mol. The number of fused-ring (bicyclic) bond motifs is 1. The number of aryl methyl sites for hydroxylation is 2. The quantitative estimate of drug-likeness (QED) is 0.369. The topological polar surface area (TPSA) is 68.3 Å². The molecule has 0 radical (unpaired) electrons. The summed E-state index contributed by atoms with van der Waals surface area (Å²) in [6.07, 6.45) is -0.242. The molecule has 1 N–H and O–H groups in total. The van der Waals surface area contributed by atoms with E-state index in [-0.39, 0.29) is 17.7 Å². The van der Waals surface area contributed by atoms with Gasteiger partial charge in [0.25, 0.3) is 5.91 Å². The third-order valence-electron chi connectivity index (χ3n) is 5.35. The molecule has 5 heteroatoms. The van der Waals surface area contributed by atoms with Crippen LogP contribution < -0.4 is 5.32 Å². The van der Waals surface area contributed by atoms with Crippen molar-refractivity contribution in [3.05, 3.63) is 95.2 Å². The van der Waals surface area contributed by atoms with Crippen molar-refractivity contribution in [2.75, 3.05) is 5.32 Å². The van der Waals surface area contributed by atoms with E-state index >= 15 is 0 Å². The Morgan fingerprint density at radius 1 is 0.879 bits per heavy atom. The minimum absolute atomic E-state index is 0.204. The van der Waals surface area contributed by atoms with Gasteiger partial charge < -0.3 is 10.1 Å². The Balaban J connectivity index is 1.68. The van der Waals surface area contributed by atoms with E-state index in [1.54, 1.807) is 32.0 Å². The summed E-state index contributed by atoms with van der Waals surface area (Å²) in [6, 6.07) is 23.0. The highest BCUT2D eigenvalue weighted by molar-refractivity contribution is 6.10. The molecular formula is C28H26N2O3. The molecule has 0 unspecified atom stereocenters. The van der Waals surface area contributed by atoms with Gasteiger partial charge in [-0.15, -0.1) is 0 Å². The number of nitrogens with one attached hydrogen (secondary N) is 1. The summed E-state index contributed by atoms with van der Waals surface area (Å²) >= 11 is 0. The van der Waals surface area contributed by atoms with Crippen molar-refractivity contribution in [3.8, 4) is 11.1 Å². The molecule has 0 fully saturated rings. The van der Waals surface area contributed by atoms with Crippen LogP contribution in [0.1, 0.15) is 45.8 Å². The number of ether oxygens (including phenoxy) is 1. The predicted molar refractivity (Wildman–Crippen MR) is 132 cm³/mol. The van der Waals surface area contributed by atoms with Crippen molar-refractivity contribution in [3.63, 3.8) is 0 Å². The lowest BCUT2D eigenvalue weighted by Gasteiger charge is -2.13. The fourth-order valence-corrected chi connectivity index (χ4v) is 3.70. The van der Waals surface area contributed by atoms with Crippen molar-refractivity contribution >= 4 is 28.5 Å². The van der Waals surface area contributed by atoms with E-state index in [4.69, 9.17) is 4.74 Å². The molecule has 1 aromatic heterocycles. The largest absolute Gasteiger partial charge is 0.458 e. The molecule has 0 aliphatic heterocycles. The summed E-state index contributed by atoms with van der Waals surface area (Å²) in [5.74, 6) is -0.721. The number of pyridine rings is 1. The van der Waals surface area contributed by atoms with Crippen LogP contribution >= 0.6 is 0 Å². The maximum Gasteiger partial charge on any atom is 0.357 e. The minimum atomic E-state index is -0.491. The van der Waals surface area contributed by atoms with Crippen molar-refractivity contribution in [2.24, 2.45) is 0 Å². The molecule has 1 heterocycles. The first-order valence-corrected chi connectivity index (χ1v) is 10.9. The average Bonchev–Trinajstić information content (AvgIpc) is 2.79. The zero-order valence-electron chi connectivity index (χ0n) is 19.2. The normalized spacial score (nSPS) is 10.9. The number of hydrogen-bond donors (Lipinski definition) is 1. The summed E-state index contributed by atoms with van der Waals surface area (Å²) in [5, 5.41) is 3.80. The highest BCUT2D eigenvalue weighted by Crippen LogP contribution is 2.26. The number of aromatic nitrogens is 1. The Morgan fingerprint density at radius 3 is 2.39 bits per heavy atom. The standard InChI is InChI=1S/C28H26N2O3/c1-17(2)33-28(32)25-14-13-20-8-6-10-24(26(20)29-25)30-27(31)23-16-22(12-11-19(23)4)21-9-5-7-18(3)15-21/h5-17H,1-4H3,(H,30,31). The molecule has 4 rings (SSSR count). The molecule has 4 aromatic rings. The lowest BCUT2D eigenvalue weighted by molar-refractivity contribution is 0.0371. The number of rotatable bonds is 5. The van der Waals surface area contributed by atoms with E-state index in [1.807, 2.05) is 62.4 Å². The Morgan fingerprint density at radius 2 is 1.64 bits per heavy atom. The Bertz CT molecular complexity index is 1360. The summed E-state index contributed by atoms with van der Waals surface area (Å²) in [4.78, 5) is 30.1. The lowest BCUT2D eigenvalue weighted by atomic mass is 9.98. The maximum atomic E-state index is 13.3. The highest BCUT2D eigenvalue weighted by atomic mass is 16.5. The van der Waals surface area contributed by atoms with E-state index in [0.29, 0.717) is 16.8 Å². The number of amides is 1. The van der Waals surface area contributed by atoms with Gasteiger partial charge in [0.15, 0.2) is 0 Å². The Labute approximate surface area is 193 Å². The number of nitrogens with zero attached hydrogens (tertiary/aromatic N) is 1.